The Hall–Kier alpha value is -2.22. The number of fused-ring (bicyclic) bond motifs is 1. The molecule has 39 heavy (non-hydrogen) atoms. The van der Waals surface area contributed by atoms with E-state index in [9.17, 15) is 19.2 Å². The van der Waals surface area contributed by atoms with Gasteiger partial charge in [0.2, 0.25) is 9.70 Å². The van der Waals surface area contributed by atoms with Crippen molar-refractivity contribution >= 4 is 102 Å². The first-order chi connectivity index (χ1) is 18.5. The maximum atomic E-state index is 13.2. The number of ketones is 1. The number of benzene rings is 2. The number of esters is 1. The van der Waals surface area contributed by atoms with Crippen LogP contribution in [-0.4, -0.2) is 67.9 Å². The van der Waals surface area contributed by atoms with E-state index in [1.807, 2.05) is 30.3 Å². The van der Waals surface area contributed by atoms with Crippen molar-refractivity contribution in [2.45, 2.75) is 32.5 Å². The van der Waals surface area contributed by atoms with E-state index in [0.29, 0.717) is 10.1 Å². The van der Waals surface area contributed by atoms with E-state index in [-0.39, 0.29) is 6.61 Å². The second kappa shape index (κ2) is 13.0. The number of rotatable bonds is 11. The monoisotopic (exact) mass is 647 g/mol. The maximum Gasteiger partial charge on any atom is 0.336 e. The van der Waals surface area contributed by atoms with Crippen molar-refractivity contribution < 1.29 is 28.7 Å². The molecule has 0 saturated carbocycles. The fourth-order valence-corrected chi connectivity index (χ4v) is 7.68. The van der Waals surface area contributed by atoms with Gasteiger partial charge in [0.1, 0.15) is 23.8 Å². The first-order valence-electron chi connectivity index (χ1n) is 11.3. The first kappa shape index (κ1) is 29.8. The number of carbonyl (C=O) groups excluding carboxylic acids is 4. The molecule has 15 heteroatoms. The molecule has 1 fully saturated rings. The number of aromatic nitrogens is 1. The van der Waals surface area contributed by atoms with Gasteiger partial charge in [0.05, 0.1) is 10.2 Å². The molecular weight excluding hydrogens is 629 g/mol. The van der Waals surface area contributed by atoms with Crippen molar-refractivity contribution in [1.82, 2.24) is 15.2 Å². The number of carbonyl (C=O) groups is 4. The summed E-state index contributed by atoms with van der Waals surface area (Å²) in [5, 5.41) is 1.82. The van der Waals surface area contributed by atoms with Gasteiger partial charge in [0.15, 0.2) is 22.8 Å². The van der Waals surface area contributed by atoms with Gasteiger partial charge >= 0.3 is 5.97 Å². The summed E-state index contributed by atoms with van der Waals surface area (Å²) in [6.45, 7) is 0.200. The molecule has 2 amide bonds. The number of halogens is 3. The number of thiazole rings is 1. The zero-order valence-corrected chi connectivity index (χ0v) is 24.8. The molecule has 1 N–H and O–H groups in total. The number of hydrogen-bond donors (Lipinski definition) is 1. The third-order valence-electron chi connectivity index (χ3n) is 5.27. The van der Waals surface area contributed by atoms with Crippen molar-refractivity contribution in [2.75, 3.05) is 13.2 Å². The number of amides is 2. The summed E-state index contributed by atoms with van der Waals surface area (Å²) >= 11 is 18.4. The van der Waals surface area contributed by atoms with Crippen LogP contribution in [0.4, 0.5) is 0 Å². The number of likely N-dealkylation sites (tertiary alicyclic amines) is 1. The van der Waals surface area contributed by atoms with Gasteiger partial charge in [0, 0.05) is 0 Å². The minimum absolute atomic E-state index is 0.336. The van der Waals surface area contributed by atoms with Gasteiger partial charge in [-0.05, 0) is 42.0 Å². The number of alkyl halides is 3. The average Bonchev–Trinajstić information content (AvgIpc) is 3.32. The lowest BCUT2D eigenvalue weighted by Crippen LogP contribution is -2.74. The predicted molar refractivity (Wildman–Crippen MR) is 153 cm³/mol. The summed E-state index contributed by atoms with van der Waals surface area (Å²) < 4.78 is 10.2. The second-order valence-electron chi connectivity index (χ2n) is 8.15. The highest BCUT2D eigenvalue weighted by atomic mass is 35.6. The molecule has 1 saturated heterocycles. The molecule has 2 heterocycles. The normalized spacial score (nSPS) is 17.8. The number of β-lactam (4-membered cyclic amide) rings is 1. The zero-order valence-electron chi connectivity index (χ0n) is 20.0. The highest BCUT2D eigenvalue weighted by Gasteiger charge is 2.55. The highest BCUT2D eigenvalue weighted by molar-refractivity contribution is 8.77. The zero-order chi connectivity index (χ0) is 28.2. The Labute approximate surface area is 250 Å². The molecule has 1 aliphatic heterocycles. The predicted octanol–water partition coefficient (Wildman–Crippen LogP) is 4.64. The Kier molecular flexibility index (Phi) is 9.89. The first-order valence-corrected chi connectivity index (χ1v) is 15.4. The molecular formula is C24H20Cl3N3O6S3. The molecule has 3 unspecified atom stereocenters. The molecule has 0 bridgehead atoms. The van der Waals surface area contributed by atoms with Gasteiger partial charge in [-0.1, -0.05) is 75.9 Å². The summed E-state index contributed by atoms with van der Waals surface area (Å²) in [7, 11) is 2.43. The largest absolute Gasteiger partial charge is 0.484 e. The van der Waals surface area contributed by atoms with Crippen LogP contribution in [0.25, 0.3) is 10.2 Å². The van der Waals surface area contributed by atoms with E-state index < -0.39 is 51.4 Å². The number of nitrogens with one attached hydrogen (secondary N) is 1. The van der Waals surface area contributed by atoms with Crippen molar-refractivity contribution in [3.05, 3.63) is 54.6 Å². The molecule has 1 aromatic heterocycles. The average molecular weight is 649 g/mol. The third kappa shape index (κ3) is 7.71. The third-order valence-corrected chi connectivity index (χ3v) is 9.62. The topological polar surface area (TPSA) is 115 Å². The number of para-hydroxylation sites is 2. The summed E-state index contributed by atoms with van der Waals surface area (Å²) in [6.07, 6.45) is 0. The van der Waals surface area contributed by atoms with Crippen molar-refractivity contribution in [3.8, 4) is 5.75 Å². The molecule has 0 aliphatic carbocycles. The van der Waals surface area contributed by atoms with Crippen LogP contribution >= 0.6 is 67.7 Å². The van der Waals surface area contributed by atoms with Crippen molar-refractivity contribution in [2.24, 2.45) is 0 Å². The van der Waals surface area contributed by atoms with Gasteiger partial charge in [-0.25, -0.2) is 9.78 Å². The second-order valence-corrected chi connectivity index (χ2v) is 14.3. The maximum absolute atomic E-state index is 13.2. The minimum Gasteiger partial charge on any atom is -0.484 e. The Morgan fingerprint density at radius 2 is 1.82 bits per heavy atom. The fraction of sp³-hybridized carbons (Fsp3) is 0.292. The summed E-state index contributed by atoms with van der Waals surface area (Å²) in [5.41, 5.74) is 0.812. The Morgan fingerprint density at radius 3 is 2.49 bits per heavy atom. The van der Waals surface area contributed by atoms with Crippen molar-refractivity contribution in [3.63, 3.8) is 0 Å². The van der Waals surface area contributed by atoms with E-state index in [1.165, 1.54) is 32.9 Å². The summed E-state index contributed by atoms with van der Waals surface area (Å²) in [4.78, 5) is 56.7. The van der Waals surface area contributed by atoms with E-state index in [2.05, 4.69) is 10.3 Å². The molecule has 3 aromatic rings. The number of Topliss-reactive ketones (excluding diaryl/α,β-unsaturated/α-hetero) is 1. The standard InChI is InChI=1S/C24H20Cl3N3O6S3/c1-13(31)19(22(34)36-12-24(25,26)27)30-20(33)18(29-17(32)11-35-14-7-3-2-4-8-14)21(30)38-39-23-28-15-9-5-6-10-16(15)37-23/h2-10,18-19,21H,11-12H2,1H3,(H,29,32). The molecule has 4 rings (SSSR count). The van der Waals surface area contributed by atoms with Crippen LogP contribution < -0.4 is 10.1 Å². The molecule has 9 nitrogen and oxygen atoms in total. The van der Waals surface area contributed by atoms with Gasteiger partial charge in [-0.3, -0.25) is 14.4 Å². The molecule has 0 radical (unpaired) electrons. The van der Waals surface area contributed by atoms with E-state index in [4.69, 9.17) is 44.3 Å². The lowest BCUT2D eigenvalue weighted by molar-refractivity contribution is -0.167. The smallest absolute Gasteiger partial charge is 0.336 e. The SMILES string of the molecule is CC(=O)C(C(=O)OCC(Cl)(Cl)Cl)N1C(=O)C(NC(=O)COc2ccccc2)C1SSc1nc2ccccc2s1. The van der Waals surface area contributed by atoms with Crippen molar-refractivity contribution in [1.29, 1.82) is 0 Å². The van der Waals surface area contributed by atoms with Gasteiger partial charge in [0.25, 0.3) is 5.91 Å². The van der Waals surface area contributed by atoms with Crippen LogP contribution in [0.5, 0.6) is 5.75 Å². The van der Waals surface area contributed by atoms with E-state index in [0.717, 1.165) is 22.0 Å². The molecule has 0 spiro atoms. The van der Waals surface area contributed by atoms with E-state index in [1.54, 1.807) is 24.3 Å². The lowest BCUT2D eigenvalue weighted by atomic mass is 10.0. The van der Waals surface area contributed by atoms with Crippen LogP contribution in [-0.2, 0) is 23.9 Å². The Bertz CT molecular complexity index is 1340. The highest BCUT2D eigenvalue weighted by Crippen LogP contribution is 2.45. The summed E-state index contributed by atoms with van der Waals surface area (Å²) in [5.74, 6) is -2.40. The van der Waals surface area contributed by atoms with Gasteiger partial charge in [-0.15, -0.1) is 11.3 Å². The molecule has 3 atom stereocenters. The fourth-order valence-electron chi connectivity index (χ4n) is 3.56. The van der Waals surface area contributed by atoms with Crippen LogP contribution in [0.3, 0.4) is 0 Å². The molecule has 2 aromatic carbocycles. The Balaban J connectivity index is 1.50. The quantitative estimate of drug-likeness (QED) is 0.104. The minimum atomic E-state index is -1.90. The van der Waals surface area contributed by atoms with Gasteiger partial charge < -0.3 is 19.7 Å². The number of nitrogens with zero attached hydrogens (tertiary/aromatic N) is 2. The van der Waals surface area contributed by atoms with Crippen LogP contribution in [0.2, 0.25) is 0 Å². The number of ether oxygens (including phenoxy) is 2. The summed E-state index contributed by atoms with van der Waals surface area (Å²) in [6, 6.07) is 13.7. The molecule has 1 aliphatic rings. The number of hydrogen-bond acceptors (Lipinski definition) is 10. The van der Waals surface area contributed by atoms with Crippen LogP contribution in [0.15, 0.2) is 58.9 Å². The molecule has 206 valence electrons. The van der Waals surface area contributed by atoms with Gasteiger partial charge in [-0.2, -0.15) is 0 Å². The Morgan fingerprint density at radius 1 is 1.13 bits per heavy atom. The van der Waals surface area contributed by atoms with E-state index >= 15 is 0 Å². The lowest BCUT2D eigenvalue weighted by Gasteiger charge is -2.48. The van der Waals surface area contributed by atoms with Crippen LogP contribution in [0, 0.1) is 0 Å². The van der Waals surface area contributed by atoms with Crippen LogP contribution in [0.1, 0.15) is 6.92 Å².